The van der Waals surface area contributed by atoms with E-state index in [1.54, 1.807) is 6.07 Å². The monoisotopic (exact) mass is 409 g/mol. The fourth-order valence-electron chi connectivity index (χ4n) is 2.74. The Labute approximate surface area is 179 Å². The lowest BCUT2D eigenvalue weighted by Crippen LogP contribution is -2.06. The Morgan fingerprint density at radius 1 is 1.24 bits per heavy atom. The van der Waals surface area contributed by atoms with E-state index in [1.165, 1.54) is 11.3 Å². The van der Waals surface area contributed by atoms with Crippen molar-refractivity contribution in [2.75, 3.05) is 0 Å². The topological polar surface area (TPSA) is 58.8 Å². The molecular formula is C24H31N3OS. The summed E-state index contributed by atoms with van der Waals surface area (Å²) in [6.07, 6.45) is 3.58. The van der Waals surface area contributed by atoms with Crippen LogP contribution in [0.15, 0.2) is 48.6 Å². The Balaban J connectivity index is 0.00000204. The van der Waals surface area contributed by atoms with Crippen molar-refractivity contribution in [2.24, 2.45) is 0 Å². The molecule has 0 atom stereocenters. The number of benzene rings is 1. The highest BCUT2D eigenvalue weighted by atomic mass is 32.1. The fourth-order valence-corrected chi connectivity index (χ4v) is 3.65. The molecular weight excluding hydrogens is 378 g/mol. The third kappa shape index (κ3) is 6.13. The summed E-state index contributed by atoms with van der Waals surface area (Å²) in [7, 11) is 0. The van der Waals surface area contributed by atoms with Gasteiger partial charge in [0.2, 0.25) is 0 Å². The van der Waals surface area contributed by atoms with Crippen LogP contribution in [0.1, 0.15) is 65.0 Å². The van der Waals surface area contributed by atoms with Gasteiger partial charge in [-0.2, -0.15) is 5.26 Å². The van der Waals surface area contributed by atoms with Crippen molar-refractivity contribution in [1.82, 2.24) is 10.2 Å². The number of ether oxygens (including phenoxy) is 1. The van der Waals surface area contributed by atoms with Gasteiger partial charge in [0.05, 0.1) is 11.7 Å². The van der Waals surface area contributed by atoms with Crippen molar-refractivity contribution < 1.29 is 4.74 Å². The lowest BCUT2D eigenvalue weighted by atomic mass is 9.97. The minimum absolute atomic E-state index is 0.00972. The summed E-state index contributed by atoms with van der Waals surface area (Å²) in [5.74, 6) is 0.583. The fraction of sp³-hybridized carbons (Fsp3) is 0.375. The first-order valence-corrected chi connectivity index (χ1v) is 10.8. The second-order valence-corrected chi connectivity index (χ2v) is 7.29. The highest BCUT2D eigenvalue weighted by Crippen LogP contribution is 2.34. The summed E-state index contributed by atoms with van der Waals surface area (Å²) >= 11 is 1.49. The zero-order valence-electron chi connectivity index (χ0n) is 18.4. The third-order valence-corrected chi connectivity index (χ3v) is 5.11. The smallest absolute Gasteiger partial charge is 0.148 e. The van der Waals surface area contributed by atoms with E-state index in [4.69, 9.17) is 4.74 Å². The van der Waals surface area contributed by atoms with E-state index >= 15 is 0 Å². The molecule has 2 rings (SSSR count). The SMILES string of the molecule is C=C/C(=C(/CC)C(=C)CC)c1nnc(-c2ccc(OC(C)C)c(C#N)c2)s1.CC. The molecule has 0 aliphatic rings. The molecule has 1 heterocycles. The predicted octanol–water partition coefficient (Wildman–Crippen LogP) is 7.21. The number of rotatable bonds is 8. The number of aromatic nitrogens is 2. The Hall–Kier alpha value is -2.71. The van der Waals surface area contributed by atoms with Gasteiger partial charge >= 0.3 is 0 Å². The first-order valence-electron chi connectivity index (χ1n) is 10.0. The number of nitriles is 1. The van der Waals surface area contributed by atoms with E-state index in [9.17, 15) is 5.26 Å². The molecule has 0 fully saturated rings. The minimum atomic E-state index is 0.00972. The molecule has 0 bridgehead atoms. The van der Waals surface area contributed by atoms with E-state index in [1.807, 2.05) is 45.9 Å². The summed E-state index contributed by atoms with van der Waals surface area (Å²) in [4.78, 5) is 0. The molecule has 0 saturated heterocycles. The van der Waals surface area contributed by atoms with Gasteiger partial charge in [0.25, 0.3) is 0 Å². The Morgan fingerprint density at radius 2 is 1.93 bits per heavy atom. The Kier molecular flexibility index (Phi) is 10.1. The molecule has 4 nitrogen and oxygen atoms in total. The van der Waals surface area contributed by atoms with Gasteiger partial charge < -0.3 is 4.74 Å². The molecule has 2 aromatic rings. The van der Waals surface area contributed by atoms with Crippen LogP contribution in [0.2, 0.25) is 0 Å². The summed E-state index contributed by atoms with van der Waals surface area (Å²) in [6, 6.07) is 7.72. The van der Waals surface area contributed by atoms with Crippen LogP contribution in [-0.4, -0.2) is 16.3 Å². The van der Waals surface area contributed by atoms with E-state index in [2.05, 4.69) is 43.3 Å². The van der Waals surface area contributed by atoms with Gasteiger partial charge in [-0.3, -0.25) is 0 Å². The molecule has 1 aromatic heterocycles. The molecule has 5 heteroatoms. The van der Waals surface area contributed by atoms with E-state index in [-0.39, 0.29) is 6.10 Å². The van der Waals surface area contributed by atoms with Crippen LogP contribution in [0, 0.1) is 11.3 Å². The predicted molar refractivity (Wildman–Crippen MR) is 124 cm³/mol. The minimum Gasteiger partial charge on any atom is -0.490 e. The lowest BCUT2D eigenvalue weighted by Gasteiger charge is -2.11. The average Bonchev–Trinajstić information content (AvgIpc) is 3.22. The molecule has 1 aromatic carbocycles. The molecule has 0 radical (unpaired) electrons. The van der Waals surface area contributed by atoms with Gasteiger partial charge in [0.15, 0.2) is 0 Å². The second-order valence-electron chi connectivity index (χ2n) is 6.31. The highest BCUT2D eigenvalue weighted by Gasteiger charge is 2.15. The molecule has 29 heavy (non-hydrogen) atoms. The van der Waals surface area contributed by atoms with Gasteiger partial charge in [-0.25, -0.2) is 0 Å². The Morgan fingerprint density at radius 3 is 2.45 bits per heavy atom. The molecule has 0 unspecified atom stereocenters. The zero-order valence-corrected chi connectivity index (χ0v) is 19.2. The molecule has 0 aliphatic carbocycles. The quantitative estimate of drug-likeness (QED) is 0.432. The molecule has 0 saturated carbocycles. The largest absolute Gasteiger partial charge is 0.490 e. The number of allylic oxidation sites excluding steroid dienone is 4. The maximum Gasteiger partial charge on any atom is 0.148 e. The van der Waals surface area contributed by atoms with E-state index in [0.717, 1.165) is 45.1 Å². The van der Waals surface area contributed by atoms with E-state index < -0.39 is 0 Å². The van der Waals surface area contributed by atoms with Crippen LogP contribution in [-0.2, 0) is 0 Å². The maximum atomic E-state index is 9.43. The van der Waals surface area contributed by atoms with Crippen LogP contribution in [0.25, 0.3) is 16.1 Å². The van der Waals surface area contributed by atoms with Gasteiger partial charge in [-0.15, -0.1) is 10.2 Å². The van der Waals surface area contributed by atoms with Crippen molar-refractivity contribution in [3.05, 3.63) is 59.2 Å². The van der Waals surface area contributed by atoms with Crippen molar-refractivity contribution in [2.45, 2.75) is 60.5 Å². The van der Waals surface area contributed by atoms with Crippen LogP contribution in [0.5, 0.6) is 5.75 Å². The molecule has 0 aliphatic heterocycles. The Bertz CT molecular complexity index is 916. The van der Waals surface area contributed by atoms with Gasteiger partial charge in [-0.1, -0.05) is 63.8 Å². The van der Waals surface area contributed by atoms with Crippen LogP contribution < -0.4 is 4.74 Å². The third-order valence-electron chi connectivity index (χ3n) is 4.10. The first kappa shape index (κ1) is 24.3. The van der Waals surface area contributed by atoms with Gasteiger partial charge in [-0.05, 0) is 50.5 Å². The standard InChI is InChI=1S/C22H25N3OS.C2H6/c1-7-15(6)18(8-2)19(9-3)22-25-24-21(27-22)16-10-11-20(26-14(4)5)17(12-16)13-23;1-2/h9-12,14H,3,6-8H2,1-2,4-5H3;1-2H3/b19-18+;. The zero-order chi connectivity index (χ0) is 22.0. The summed E-state index contributed by atoms with van der Waals surface area (Å²) in [5.41, 5.74) is 4.57. The van der Waals surface area contributed by atoms with Crippen molar-refractivity contribution in [3.8, 4) is 22.4 Å². The van der Waals surface area contributed by atoms with E-state index in [0.29, 0.717) is 11.3 Å². The molecule has 0 spiro atoms. The highest BCUT2D eigenvalue weighted by molar-refractivity contribution is 7.15. The second kappa shape index (κ2) is 12.0. The summed E-state index contributed by atoms with van der Waals surface area (Å²) in [6.45, 7) is 20.2. The normalized spacial score (nSPS) is 11.1. The lowest BCUT2D eigenvalue weighted by molar-refractivity contribution is 0.242. The molecule has 154 valence electrons. The number of hydrogen-bond acceptors (Lipinski definition) is 5. The van der Waals surface area contributed by atoms with Gasteiger partial charge in [0, 0.05) is 11.1 Å². The molecule has 0 N–H and O–H groups in total. The van der Waals surface area contributed by atoms with Crippen LogP contribution in [0.3, 0.4) is 0 Å². The first-order chi connectivity index (χ1) is 13.9. The molecule has 0 amide bonds. The number of nitrogens with zero attached hydrogens (tertiary/aromatic N) is 3. The average molecular weight is 410 g/mol. The van der Waals surface area contributed by atoms with Crippen molar-refractivity contribution in [1.29, 1.82) is 5.26 Å². The maximum absolute atomic E-state index is 9.43. The van der Waals surface area contributed by atoms with Crippen molar-refractivity contribution >= 4 is 16.9 Å². The summed E-state index contributed by atoms with van der Waals surface area (Å²) in [5, 5.41) is 19.7. The number of hydrogen-bond donors (Lipinski definition) is 0. The van der Waals surface area contributed by atoms with Crippen LogP contribution >= 0.6 is 11.3 Å². The van der Waals surface area contributed by atoms with Crippen LogP contribution in [0.4, 0.5) is 0 Å². The summed E-state index contributed by atoms with van der Waals surface area (Å²) < 4.78 is 5.69. The van der Waals surface area contributed by atoms with Crippen molar-refractivity contribution in [3.63, 3.8) is 0 Å². The van der Waals surface area contributed by atoms with Gasteiger partial charge in [0.1, 0.15) is 21.8 Å².